The van der Waals surface area contributed by atoms with Gasteiger partial charge >= 0.3 is 0 Å². The molecule has 0 bridgehead atoms. The van der Waals surface area contributed by atoms with Crippen molar-refractivity contribution in [3.63, 3.8) is 0 Å². The third-order valence-corrected chi connectivity index (χ3v) is 4.32. The van der Waals surface area contributed by atoms with Crippen LogP contribution in [0.25, 0.3) is 0 Å². The normalized spacial score (nSPS) is 21.9. The molecule has 0 atom stereocenters. The third-order valence-electron chi connectivity index (χ3n) is 3.96. The fourth-order valence-corrected chi connectivity index (χ4v) is 2.90. The van der Waals surface area contributed by atoms with Crippen LogP contribution in [-0.4, -0.2) is 18.6 Å². The van der Waals surface area contributed by atoms with Gasteiger partial charge in [-0.1, -0.05) is 17.7 Å². The van der Waals surface area contributed by atoms with Gasteiger partial charge in [-0.15, -0.1) is 0 Å². The van der Waals surface area contributed by atoms with E-state index in [4.69, 9.17) is 17.3 Å². The number of halogens is 1. The minimum Gasteiger partial charge on any atom is -0.371 e. The molecule has 0 spiro atoms. The molecule has 1 aliphatic carbocycles. The maximum absolute atomic E-state index is 6.36. The SMILES string of the molecule is NC1(Cc2c(Cl)cccc2N2CCCC2)CC1. The molecule has 2 fully saturated rings. The lowest BCUT2D eigenvalue weighted by atomic mass is 10.0. The minimum absolute atomic E-state index is 0.0272. The Morgan fingerprint density at radius 1 is 1.24 bits per heavy atom. The summed E-state index contributed by atoms with van der Waals surface area (Å²) in [6.45, 7) is 2.32. The van der Waals surface area contributed by atoms with E-state index in [-0.39, 0.29) is 5.54 Å². The number of hydrogen-bond acceptors (Lipinski definition) is 2. The van der Waals surface area contributed by atoms with E-state index in [0.717, 1.165) is 37.4 Å². The fraction of sp³-hybridized carbons (Fsp3) is 0.571. The summed E-state index contributed by atoms with van der Waals surface area (Å²) in [6, 6.07) is 6.23. The van der Waals surface area contributed by atoms with Gasteiger partial charge < -0.3 is 10.6 Å². The molecule has 1 saturated carbocycles. The van der Waals surface area contributed by atoms with Gasteiger partial charge in [0.25, 0.3) is 0 Å². The molecular formula is C14H19ClN2. The van der Waals surface area contributed by atoms with E-state index in [9.17, 15) is 0 Å². The van der Waals surface area contributed by atoms with Gasteiger partial charge in [-0.3, -0.25) is 0 Å². The molecule has 2 N–H and O–H groups in total. The highest BCUT2D eigenvalue weighted by molar-refractivity contribution is 6.31. The summed E-state index contributed by atoms with van der Waals surface area (Å²) in [5.74, 6) is 0. The first-order chi connectivity index (χ1) is 8.18. The molecule has 92 valence electrons. The second-order valence-electron chi connectivity index (χ2n) is 5.47. The van der Waals surface area contributed by atoms with Crippen LogP contribution in [0.4, 0.5) is 5.69 Å². The monoisotopic (exact) mass is 250 g/mol. The van der Waals surface area contributed by atoms with Crippen molar-refractivity contribution in [1.82, 2.24) is 0 Å². The summed E-state index contributed by atoms with van der Waals surface area (Å²) in [6.07, 6.45) is 5.78. The van der Waals surface area contributed by atoms with Crippen LogP contribution in [0.1, 0.15) is 31.2 Å². The van der Waals surface area contributed by atoms with Crippen LogP contribution in [0.2, 0.25) is 5.02 Å². The van der Waals surface area contributed by atoms with Crippen LogP contribution in [0.3, 0.4) is 0 Å². The summed E-state index contributed by atoms with van der Waals surface area (Å²) in [5, 5.41) is 0.881. The van der Waals surface area contributed by atoms with Crippen LogP contribution < -0.4 is 10.6 Å². The average molecular weight is 251 g/mol. The zero-order valence-corrected chi connectivity index (χ0v) is 10.8. The molecule has 1 aromatic rings. The van der Waals surface area contributed by atoms with Crippen LogP contribution in [0.15, 0.2) is 18.2 Å². The summed E-state index contributed by atoms with van der Waals surface area (Å²) in [5.41, 5.74) is 8.84. The Morgan fingerprint density at radius 3 is 2.59 bits per heavy atom. The van der Waals surface area contributed by atoms with Crippen molar-refractivity contribution < 1.29 is 0 Å². The summed E-state index contributed by atoms with van der Waals surface area (Å²) >= 11 is 6.36. The molecule has 0 radical (unpaired) electrons. The van der Waals surface area contributed by atoms with E-state index in [2.05, 4.69) is 17.0 Å². The van der Waals surface area contributed by atoms with E-state index in [1.807, 2.05) is 6.07 Å². The van der Waals surface area contributed by atoms with E-state index >= 15 is 0 Å². The van der Waals surface area contributed by atoms with Crippen molar-refractivity contribution in [3.05, 3.63) is 28.8 Å². The molecule has 1 saturated heterocycles. The zero-order chi connectivity index (χ0) is 11.9. The van der Waals surface area contributed by atoms with E-state index in [0.29, 0.717) is 0 Å². The molecule has 1 heterocycles. The predicted molar refractivity (Wildman–Crippen MR) is 72.8 cm³/mol. The van der Waals surface area contributed by atoms with Crippen molar-refractivity contribution in [2.24, 2.45) is 5.73 Å². The topological polar surface area (TPSA) is 29.3 Å². The number of rotatable bonds is 3. The molecule has 0 aromatic heterocycles. The Hall–Kier alpha value is -0.730. The van der Waals surface area contributed by atoms with Crippen LogP contribution >= 0.6 is 11.6 Å². The second-order valence-corrected chi connectivity index (χ2v) is 5.88. The Labute approximate surface area is 108 Å². The van der Waals surface area contributed by atoms with E-state index in [1.54, 1.807) is 0 Å². The summed E-state index contributed by atoms with van der Waals surface area (Å²) in [7, 11) is 0. The Morgan fingerprint density at radius 2 is 1.94 bits per heavy atom. The molecule has 1 aliphatic heterocycles. The number of anilines is 1. The van der Waals surface area contributed by atoms with Crippen molar-refractivity contribution in [1.29, 1.82) is 0 Å². The standard InChI is InChI=1S/C14H19ClN2/c15-12-4-3-5-13(17-8-1-2-9-17)11(12)10-14(16)6-7-14/h3-5H,1-2,6-10,16H2. The molecule has 0 unspecified atom stereocenters. The first-order valence-corrected chi connectivity index (χ1v) is 6.87. The molecule has 1 aromatic carbocycles. The number of nitrogens with two attached hydrogens (primary N) is 1. The van der Waals surface area contributed by atoms with Crippen LogP contribution in [0.5, 0.6) is 0 Å². The van der Waals surface area contributed by atoms with Crippen molar-refractivity contribution in [2.75, 3.05) is 18.0 Å². The van der Waals surface area contributed by atoms with Gasteiger partial charge in [0.2, 0.25) is 0 Å². The van der Waals surface area contributed by atoms with E-state index < -0.39 is 0 Å². The fourth-order valence-electron chi connectivity index (χ4n) is 2.67. The lowest BCUT2D eigenvalue weighted by Gasteiger charge is -2.23. The van der Waals surface area contributed by atoms with Gasteiger partial charge in [0.1, 0.15) is 0 Å². The predicted octanol–water partition coefficient (Wildman–Crippen LogP) is 2.97. The van der Waals surface area contributed by atoms with Gasteiger partial charge in [-0.05, 0) is 49.8 Å². The van der Waals surface area contributed by atoms with Gasteiger partial charge in [0.15, 0.2) is 0 Å². The number of hydrogen-bond donors (Lipinski definition) is 1. The second kappa shape index (κ2) is 4.18. The first kappa shape index (κ1) is 11.4. The Kier molecular flexibility index (Phi) is 2.80. The van der Waals surface area contributed by atoms with Crippen LogP contribution in [-0.2, 0) is 6.42 Å². The summed E-state index contributed by atoms with van der Waals surface area (Å²) < 4.78 is 0. The molecular weight excluding hydrogens is 232 g/mol. The number of benzene rings is 1. The smallest absolute Gasteiger partial charge is 0.0459 e. The number of nitrogens with zero attached hydrogens (tertiary/aromatic N) is 1. The average Bonchev–Trinajstić information content (AvgIpc) is 2.82. The van der Waals surface area contributed by atoms with Crippen molar-refractivity contribution in [3.8, 4) is 0 Å². The first-order valence-electron chi connectivity index (χ1n) is 6.49. The highest BCUT2D eigenvalue weighted by Gasteiger charge is 2.39. The minimum atomic E-state index is 0.0272. The van der Waals surface area contributed by atoms with Gasteiger partial charge in [-0.25, -0.2) is 0 Å². The largest absolute Gasteiger partial charge is 0.371 e. The molecule has 17 heavy (non-hydrogen) atoms. The molecule has 0 amide bonds. The van der Waals surface area contributed by atoms with E-state index in [1.165, 1.54) is 24.1 Å². The molecule has 2 aliphatic rings. The third kappa shape index (κ3) is 2.29. The molecule has 3 heteroatoms. The van der Waals surface area contributed by atoms with Crippen molar-refractivity contribution in [2.45, 2.75) is 37.6 Å². The van der Waals surface area contributed by atoms with Gasteiger partial charge in [0, 0.05) is 29.3 Å². The Balaban J connectivity index is 1.92. The lowest BCUT2D eigenvalue weighted by molar-refractivity contribution is 0.670. The maximum atomic E-state index is 6.36. The van der Waals surface area contributed by atoms with Gasteiger partial charge in [0.05, 0.1) is 0 Å². The maximum Gasteiger partial charge on any atom is 0.0459 e. The zero-order valence-electron chi connectivity index (χ0n) is 10.1. The lowest BCUT2D eigenvalue weighted by Crippen LogP contribution is -2.27. The molecule has 2 nitrogen and oxygen atoms in total. The highest BCUT2D eigenvalue weighted by atomic mass is 35.5. The summed E-state index contributed by atoms with van der Waals surface area (Å²) in [4.78, 5) is 2.45. The quantitative estimate of drug-likeness (QED) is 0.894. The molecule has 3 rings (SSSR count). The van der Waals surface area contributed by atoms with Crippen molar-refractivity contribution >= 4 is 17.3 Å². The Bertz CT molecular complexity index is 420. The highest BCUT2D eigenvalue weighted by Crippen LogP contribution is 2.40. The van der Waals surface area contributed by atoms with Gasteiger partial charge in [-0.2, -0.15) is 0 Å². The van der Waals surface area contributed by atoms with Crippen LogP contribution in [0, 0.1) is 0 Å².